The van der Waals surface area contributed by atoms with Crippen molar-refractivity contribution in [1.82, 2.24) is 19.6 Å². The molecule has 0 radical (unpaired) electrons. The van der Waals surface area contributed by atoms with Gasteiger partial charge in [0.15, 0.2) is 0 Å². The zero-order valence-corrected chi connectivity index (χ0v) is 13.7. The fraction of sp³-hybridized carbons (Fsp3) is 0.600. The van der Waals surface area contributed by atoms with Gasteiger partial charge in [0.25, 0.3) is 0 Å². The Balaban J connectivity index is 2.44. The molecule has 0 aliphatic carbocycles. The number of halogens is 1. The summed E-state index contributed by atoms with van der Waals surface area (Å²) in [5.41, 5.74) is 5.76. The van der Waals surface area contributed by atoms with Gasteiger partial charge in [0, 0.05) is 18.3 Å². The van der Waals surface area contributed by atoms with Gasteiger partial charge in [0.1, 0.15) is 0 Å². The van der Waals surface area contributed by atoms with Gasteiger partial charge < -0.3 is 0 Å². The van der Waals surface area contributed by atoms with Gasteiger partial charge in [-0.1, -0.05) is 13.8 Å². The summed E-state index contributed by atoms with van der Waals surface area (Å²) in [7, 11) is 1.98. The first kappa shape index (κ1) is 15.1. The van der Waals surface area contributed by atoms with Crippen molar-refractivity contribution in [3.05, 3.63) is 34.4 Å². The SMILES string of the molecule is CCc1nn(Cc2cc(C)nn2C)c(CC)c1C(C)Cl. The van der Waals surface area contributed by atoms with Crippen LogP contribution in [0.3, 0.4) is 0 Å². The Labute approximate surface area is 125 Å². The van der Waals surface area contributed by atoms with Gasteiger partial charge in [0.2, 0.25) is 0 Å². The minimum atomic E-state index is 0.00178. The monoisotopic (exact) mass is 294 g/mol. The maximum absolute atomic E-state index is 6.35. The number of hydrogen-bond donors (Lipinski definition) is 0. The summed E-state index contributed by atoms with van der Waals surface area (Å²) in [5, 5.41) is 9.16. The third-order valence-electron chi connectivity index (χ3n) is 3.65. The maximum Gasteiger partial charge on any atom is 0.0831 e. The van der Waals surface area contributed by atoms with E-state index in [-0.39, 0.29) is 5.38 Å². The zero-order chi connectivity index (χ0) is 14.9. The maximum atomic E-state index is 6.35. The second-order valence-electron chi connectivity index (χ2n) is 5.19. The average Bonchev–Trinajstić information content (AvgIpc) is 2.89. The van der Waals surface area contributed by atoms with Crippen molar-refractivity contribution in [3.8, 4) is 0 Å². The molecule has 0 aromatic carbocycles. The van der Waals surface area contributed by atoms with Gasteiger partial charge >= 0.3 is 0 Å². The Morgan fingerprint density at radius 2 is 1.95 bits per heavy atom. The second-order valence-corrected chi connectivity index (χ2v) is 5.84. The highest BCUT2D eigenvalue weighted by atomic mass is 35.5. The van der Waals surface area contributed by atoms with Gasteiger partial charge in [-0.3, -0.25) is 9.36 Å². The second kappa shape index (κ2) is 6.00. The topological polar surface area (TPSA) is 35.6 Å². The van der Waals surface area contributed by atoms with Gasteiger partial charge in [-0.05, 0) is 32.8 Å². The van der Waals surface area contributed by atoms with E-state index < -0.39 is 0 Å². The summed E-state index contributed by atoms with van der Waals surface area (Å²) in [6, 6.07) is 2.11. The van der Waals surface area contributed by atoms with Crippen molar-refractivity contribution in [3.63, 3.8) is 0 Å². The molecule has 2 heterocycles. The molecule has 1 unspecified atom stereocenters. The molecular weight excluding hydrogens is 272 g/mol. The van der Waals surface area contributed by atoms with E-state index in [0.717, 1.165) is 36.5 Å². The fourth-order valence-electron chi connectivity index (χ4n) is 2.76. The smallest absolute Gasteiger partial charge is 0.0831 e. The highest BCUT2D eigenvalue weighted by Crippen LogP contribution is 2.28. The molecule has 2 aromatic heterocycles. The first-order valence-corrected chi connectivity index (χ1v) is 7.63. The van der Waals surface area contributed by atoms with Crippen LogP contribution in [0.15, 0.2) is 6.07 Å². The normalized spacial score (nSPS) is 12.9. The quantitative estimate of drug-likeness (QED) is 0.792. The molecule has 0 aliphatic rings. The third kappa shape index (κ3) is 2.75. The minimum absolute atomic E-state index is 0.00178. The lowest BCUT2D eigenvalue weighted by atomic mass is 10.1. The summed E-state index contributed by atoms with van der Waals surface area (Å²) in [5.74, 6) is 0. The molecule has 0 aliphatic heterocycles. The van der Waals surface area contributed by atoms with E-state index >= 15 is 0 Å². The summed E-state index contributed by atoms with van der Waals surface area (Å²) in [6.45, 7) is 9.07. The molecule has 20 heavy (non-hydrogen) atoms. The highest BCUT2D eigenvalue weighted by molar-refractivity contribution is 6.20. The largest absolute Gasteiger partial charge is 0.270 e. The minimum Gasteiger partial charge on any atom is -0.270 e. The van der Waals surface area contributed by atoms with Crippen LogP contribution in [0.1, 0.15) is 54.5 Å². The average molecular weight is 295 g/mol. The van der Waals surface area contributed by atoms with Crippen LogP contribution in [-0.2, 0) is 26.4 Å². The van der Waals surface area contributed by atoms with Gasteiger partial charge in [-0.25, -0.2) is 0 Å². The number of alkyl halides is 1. The number of rotatable bonds is 5. The van der Waals surface area contributed by atoms with E-state index in [1.165, 1.54) is 11.3 Å². The van der Waals surface area contributed by atoms with Crippen LogP contribution >= 0.6 is 11.6 Å². The Bertz CT molecular complexity index is 595. The summed E-state index contributed by atoms with van der Waals surface area (Å²) in [6.07, 6.45) is 1.85. The summed E-state index contributed by atoms with van der Waals surface area (Å²) < 4.78 is 4.01. The van der Waals surface area contributed by atoms with E-state index in [1.807, 2.05) is 25.6 Å². The Morgan fingerprint density at radius 3 is 2.40 bits per heavy atom. The zero-order valence-electron chi connectivity index (χ0n) is 12.9. The van der Waals surface area contributed by atoms with Crippen LogP contribution in [0.4, 0.5) is 0 Å². The fourth-order valence-corrected chi connectivity index (χ4v) is 3.01. The van der Waals surface area contributed by atoms with Crippen LogP contribution in [0.5, 0.6) is 0 Å². The Kier molecular flexibility index (Phi) is 4.53. The molecule has 0 saturated carbocycles. The number of aryl methyl sites for hydroxylation is 3. The highest BCUT2D eigenvalue weighted by Gasteiger charge is 2.19. The van der Waals surface area contributed by atoms with Crippen LogP contribution in [0.2, 0.25) is 0 Å². The molecular formula is C15H23ClN4. The molecule has 110 valence electrons. The van der Waals surface area contributed by atoms with Crippen molar-refractivity contribution < 1.29 is 0 Å². The van der Waals surface area contributed by atoms with Crippen LogP contribution in [0.25, 0.3) is 0 Å². The molecule has 5 heteroatoms. The molecule has 0 saturated heterocycles. The van der Waals surface area contributed by atoms with E-state index in [9.17, 15) is 0 Å². The van der Waals surface area contributed by atoms with E-state index in [1.54, 1.807) is 0 Å². The summed E-state index contributed by atoms with van der Waals surface area (Å²) in [4.78, 5) is 0. The molecule has 0 amide bonds. The van der Waals surface area contributed by atoms with E-state index in [2.05, 4.69) is 29.7 Å². The van der Waals surface area contributed by atoms with E-state index in [0.29, 0.717) is 0 Å². The lowest BCUT2D eigenvalue weighted by Gasteiger charge is -2.09. The lowest BCUT2D eigenvalue weighted by molar-refractivity contribution is 0.592. The number of aromatic nitrogens is 4. The van der Waals surface area contributed by atoms with Crippen molar-refractivity contribution in [1.29, 1.82) is 0 Å². The predicted octanol–water partition coefficient (Wildman–Crippen LogP) is 3.40. The van der Waals surface area contributed by atoms with Crippen molar-refractivity contribution >= 4 is 11.6 Å². The first-order valence-electron chi connectivity index (χ1n) is 7.19. The molecule has 0 fully saturated rings. The lowest BCUT2D eigenvalue weighted by Crippen LogP contribution is -2.10. The number of hydrogen-bond acceptors (Lipinski definition) is 2. The van der Waals surface area contributed by atoms with E-state index in [4.69, 9.17) is 16.7 Å². The molecule has 4 nitrogen and oxygen atoms in total. The van der Waals surface area contributed by atoms with Crippen LogP contribution in [0, 0.1) is 6.92 Å². The molecule has 0 bridgehead atoms. The first-order chi connectivity index (χ1) is 9.47. The van der Waals surface area contributed by atoms with Crippen molar-refractivity contribution in [2.24, 2.45) is 7.05 Å². The predicted molar refractivity (Wildman–Crippen MR) is 82.3 cm³/mol. The van der Waals surface area contributed by atoms with Crippen LogP contribution in [-0.4, -0.2) is 19.6 Å². The van der Waals surface area contributed by atoms with Crippen molar-refractivity contribution in [2.75, 3.05) is 0 Å². The Morgan fingerprint density at radius 1 is 1.25 bits per heavy atom. The molecule has 1 atom stereocenters. The van der Waals surface area contributed by atoms with Crippen molar-refractivity contribution in [2.45, 2.75) is 52.5 Å². The van der Waals surface area contributed by atoms with Gasteiger partial charge in [-0.2, -0.15) is 10.2 Å². The molecule has 0 spiro atoms. The molecule has 2 rings (SSSR count). The third-order valence-corrected chi connectivity index (χ3v) is 3.87. The Hall–Kier alpha value is -1.29. The van der Waals surface area contributed by atoms with Gasteiger partial charge in [0.05, 0.1) is 29.0 Å². The van der Waals surface area contributed by atoms with Gasteiger partial charge in [-0.15, -0.1) is 11.6 Å². The number of nitrogens with zero attached hydrogens (tertiary/aromatic N) is 4. The van der Waals surface area contributed by atoms with Crippen LogP contribution < -0.4 is 0 Å². The standard InChI is InChI=1S/C15H23ClN4/c1-6-13-15(11(4)16)14(7-2)20(18-13)9-12-8-10(3)17-19(12)5/h8,11H,6-7,9H2,1-5H3. The summed E-state index contributed by atoms with van der Waals surface area (Å²) >= 11 is 6.35. The molecule has 0 N–H and O–H groups in total. The molecule has 2 aromatic rings.